The van der Waals surface area contributed by atoms with Crippen LogP contribution >= 0.6 is 11.8 Å². The quantitative estimate of drug-likeness (QED) is 0.646. The van der Waals surface area contributed by atoms with Crippen LogP contribution in [-0.2, 0) is 19.3 Å². The monoisotopic (exact) mass is 330 g/mol. The zero-order valence-electron chi connectivity index (χ0n) is 13.3. The highest BCUT2D eigenvalue weighted by atomic mass is 32.2. The summed E-state index contributed by atoms with van der Waals surface area (Å²) in [7, 11) is 3.46. The molecule has 0 saturated carbocycles. The van der Waals surface area contributed by atoms with Crippen molar-refractivity contribution in [1.82, 2.24) is 29.5 Å². The molecule has 0 aliphatic carbocycles. The molecule has 23 heavy (non-hydrogen) atoms. The van der Waals surface area contributed by atoms with E-state index in [2.05, 4.69) is 31.8 Å². The van der Waals surface area contributed by atoms with Crippen molar-refractivity contribution in [2.24, 2.45) is 7.05 Å². The lowest BCUT2D eigenvalue weighted by Crippen LogP contribution is -2.00. The van der Waals surface area contributed by atoms with Gasteiger partial charge in [-0.05, 0) is 19.1 Å². The third kappa shape index (κ3) is 3.21. The van der Waals surface area contributed by atoms with Crippen LogP contribution in [0.15, 0.2) is 35.7 Å². The van der Waals surface area contributed by atoms with E-state index < -0.39 is 0 Å². The number of aromatic nitrogens is 6. The van der Waals surface area contributed by atoms with E-state index in [0.717, 1.165) is 34.5 Å². The second-order valence-corrected chi connectivity index (χ2v) is 5.83. The number of hydrogen-bond donors (Lipinski definition) is 0. The third-order valence-corrected chi connectivity index (χ3v) is 4.34. The van der Waals surface area contributed by atoms with Crippen molar-refractivity contribution in [3.8, 4) is 17.3 Å². The Morgan fingerprint density at radius 3 is 2.83 bits per heavy atom. The number of pyridine rings is 1. The van der Waals surface area contributed by atoms with Gasteiger partial charge in [-0.2, -0.15) is 0 Å². The van der Waals surface area contributed by atoms with Crippen molar-refractivity contribution in [3.05, 3.63) is 36.3 Å². The Bertz CT molecular complexity index is 783. The summed E-state index contributed by atoms with van der Waals surface area (Å²) in [6, 6.07) is 5.90. The van der Waals surface area contributed by atoms with Crippen LogP contribution in [0.5, 0.6) is 5.88 Å². The molecule has 0 unspecified atom stereocenters. The Labute approximate surface area is 138 Å². The molecule has 0 aromatic carbocycles. The van der Waals surface area contributed by atoms with Gasteiger partial charge in [0, 0.05) is 31.7 Å². The molecule has 7 nitrogen and oxygen atoms in total. The number of aryl methyl sites for hydroxylation is 1. The summed E-state index contributed by atoms with van der Waals surface area (Å²) in [6.45, 7) is 2.84. The molecule has 0 aliphatic heterocycles. The molecule has 3 heterocycles. The molecule has 0 saturated heterocycles. The smallest absolute Gasteiger partial charge is 0.243 e. The van der Waals surface area contributed by atoms with Crippen molar-refractivity contribution in [1.29, 1.82) is 0 Å². The number of ether oxygens (including phenoxy) is 1. The SMILES string of the molecule is CCn1c(SCc2ccccn2)nnc1-c1cn(C)nc1OC. The molecule has 0 bridgehead atoms. The topological polar surface area (TPSA) is 70.7 Å². The lowest BCUT2D eigenvalue weighted by molar-refractivity contribution is 0.393. The van der Waals surface area contributed by atoms with E-state index in [-0.39, 0.29) is 0 Å². The largest absolute Gasteiger partial charge is 0.479 e. The molecule has 0 fully saturated rings. The van der Waals surface area contributed by atoms with Crippen LogP contribution in [0.25, 0.3) is 11.4 Å². The predicted octanol–water partition coefficient (Wildman–Crippen LogP) is 2.39. The van der Waals surface area contributed by atoms with Gasteiger partial charge in [-0.3, -0.25) is 9.67 Å². The van der Waals surface area contributed by atoms with Crippen molar-refractivity contribution in [2.45, 2.75) is 24.4 Å². The molecule has 3 rings (SSSR count). The zero-order valence-corrected chi connectivity index (χ0v) is 14.1. The molecule has 0 atom stereocenters. The van der Waals surface area contributed by atoms with Crippen molar-refractivity contribution >= 4 is 11.8 Å². The second-order valence-electron chi connectivity index (χ2n) is 4.89. The van der Waals surface area contributed by atoms with Crippen molar-refractivity contribution < 1.29 is 4.74 Å². The standard InChI is InChI=1S/C15H18N6OS/c1-4-21-13(12-9-20(2)19-14(12)22-3)17-18-15(21)23-10-11-7-5-6-8-16-11/h5-9H,4,10H2,1-3H3. The van der Waals surface area contributed by atoms with Crippen molar-refractivity contribution in [2.75, 3.05) is 7.11 Å². The van der Waals surface area contributed by atoms with E-state index >= 15 is 0 Å². The van der Waals surface area contributed by atoms with Gasteiger partial charge in [0.25, 0.3) is 0 Å². The molecule has 0 aliphatic rings. The molecule has 120 valence electrons. The predicted molar refractivity (Wildman–Crippen MR) is 88.2 cm³/mol. The van der Waals surface area contributed by atoms with Gasteiger partial charge in [-0.15, -0.1) is 15.3 Å². The summed E-state index contributed by atoms with van der Waals surface area (Å²) >= 11 is 1.62. The van der Waals surface area contributed by atoms with Crippen LogP contribution in [-0.4, -0.2) is 36.6 Å². The van der Waals surface area contributed by atoms with Crippen LogP contribution < -0.4 is 4.74 Å². The van der Waals surface area contributed by atoms with Crippen molar-refractivity contribution in [3.63, 3.8) is 0 Å². The molecular weight excluding hydrogens is 312 g/mol. The minimum Gasteiger partial charge on any atom is -0.479 e. The van der Waals surface area contributed by atoms with E-state index in [1.807, 2.05) is 31.4 Å². The van der Waals surface area contributed by atoms with Gasteiger partial charge in [0.2, 0.25) is 5.88 Å². The minimum absolute atomic E-state index is 0.552. The van der Waals surface area contributed by atoms with E-state index in [9.17, 15) is 0 Å². The van der Waals surface area contributed by atoms with Gasteiger partial charge in [-0.25, -0.2) is 0 Å². The molecule has 0 radical (unpaired) electrons. The molecule has 0 N–H and O–H groups in total. The summed E-state index contributed by atoms with van der Waals surface area (Å²) in [5, 5.41) is 13.8. The fourth-order valence-electron chi connectivity index (χ4n) is 2.27. The first kappa shape index (κ1) is 15.5. The van der Waals surface area contributed by atoms with Gasteiger partial charge in [0.1, 0.15) is 5.56 Å². The van der Waals surface area contributed by atoms with Crippen LogP contribution in [0.3, 0.4) is 0 Å². The summed E-state index contributed by atoms with van der Waals surface area (Å²) in [5.41, 5.74) is 1.86. The highest BCUT2D eigenvalue weighted by Gasteiger charge is 2.19. The average Bonchev–Trinajstić information content (AvgIpc) is 3.16. The van der Waals surface area contributed by atoms with Gasteiger partial charge >= 0.3 is 0 Å². The van der Waals surface area contributed by atoms with Crippen LogP contribution in [0, 0.1) is 0 Å². The normalized spacial score (nSPS) is 10.9. The first-order valence-electron chi connectivity index (χ1n) is 7.26. The second kappa shape index (κ2) is 6.82. The highest BCUT2D eigenvalue weighted by Crippen LogP contribution is 2.30. The molecule has 0 spiro atoms. The number of thioether (sulfide) groups is 1. The van der Waals surface area contributed by atoms with Gasteiger partial charge in [0.15, 0.2) is 11.0 Å². The maximum atomic E-state index is 5.33. The molecule has 3 aromatic rings. The zero-order chi connectivity index (χ0) is 16.2. The maximum Gasteiger partial charge on any atom is 0.243 e. The van der Waals surface area contributed by atoms with Crippen LogP contribution in [0.4, 0.5) is 0 Å². The van der Waals surface area contributed by atoms with Crippen LogP contribution in [0.1, 0.15) is 12.6 Å². The molecular formula is C15H18N6OS. The number of nitrogens with zero attached hydrogens (tertiary/aromatic N) is 6. The Balaban J connectivity index is 1.87. The molecule has 0 amide bonds. The Hall–Kier alpha value is -2.35. The average molecular weight is 330 g/mol. The molecule has 8 heteroatoms. The lowest BCUT2D eigenvalue weighted by Gasteiger charge is -2.06. The van der Waals surface area contributed by atoms with Gasteiger partial charge in [0.05, 0.1) is 12.8 Å². The molecule has 3 aromatic heterocycles. The van der Waals surface area contributed by atoms with Crippen LogP contribution in [0.2, 0.25) is 0 Å². The van der Waals surface area contributed by atoms with E-state index in [4.69, 9.17) is 4.74 Å². The van der Waals surface area contributed by atoms with E-state index in [1.54, 1.807) is 29.8 Å². The summed E-state index contributed by atoms with van der Waals surface area (Å²) in [5.74, 6) is 2.07. The van der Waals surface area contributed by atoms with Gasteiger partial charge < -0.3 is 9.30 Å². The Kier molecular flexibility index (Phi) is 4.61. The first-order chi connectivity index (χ1) is 11.2. The third-order valence-electron chi connectivity index (χ3n) is 3.34. The fraction of sp³-hybridized carbons (Fsp3) is 0.333. The summed E-state index contributed by atoms with van der Waals surface area (Å²) < 4.78 is 9.10. The number of methoxy groups -OCH3 is 1. The first-order valence-corrected chi connectivity index (χ1v) is 8.25. The summed E-state index contributed by atoms with van der Waals surface area (Å²) in [4.78, 5) is 4.33. The van der Waals surface area contributed by atoms with Gasteiger partial charge in [-0.1, -0.05) is 17.8 Å². The number of hydrogen-bond acceptors (Lipinski definition) is 6. The minimum atomic E-state index is 0.552. The van der Waals surface area contributed by atoms with E-state index in [0.29, 0.717) is 5.88 Å². The lowest BCUT2D eigenvalue weighted by atomic mass is 10.3. The Morgan fingerprint density at radius 1 is 1.26 bits per heavy atom. The maximum absolute atomic E-state index is 5.33. The van der Waals surface area contributed by atoms with E-state index in [1.165, 1.54) is 0 Å². The fourth-order valence-corrected chi connectivity index (χ4v) is 3.19. The highest BCUT2D eigenvalue weighted by molar-refractivity contribution is 7.98. The number of rotatable bonds is 6. The summed E-state index contributed by atoms with van der Waals surface area (Å²) in [6.07, 6.45) is 3.69. The Morgan fingerprint density at radius 2 is 2.13 bits per heavy atom.